The molecule has 0 amide bonds. The highest BCUT2D eigenvalue weighted by Gasteiger charge is 2.09. The molecule has 0 aliphatic heterocycles. The zero-order valence-corrected chi connectivity index (χ0v) is 12.8. The minimum atomic E-state index is -0.0443. The largest absolute Gasteiger partial charge is 0.465 e. The lowest BCUT2D eigenvalue weighted by Gasteiger charge is -2.14. The fourth-order valence-corrected chi connectivity index (χ4v) is 2.09. The van der Waals surface area contributed by atoms with Crippen molar-refractivity contribution in [2.24, 2.45) is 5.92 Å². The summed E-state index contributed by atoms with van der Waals surface area (Å²) in [5, 5.41) is 8.64. The molecule has 0 fully saturated rings. The van der Waals surface area contributed by atoms with Crippen LogP contribution in [0.25, 0.3) is 0 Å². The Kier molecular flexibility index (Phi) is 13.4. The molecule has 0 aliphatic rings. The molecule has 0 aromatic heterocycles. The molecule has 0 saturated carbocycles. The first-order chi connectivity index (χ1) is 9.24. The van der Waals surface area contributed by atoms with Crippen LogP contribution in [0.2, 0.25) is 0 Å². The number of aliphatic hydroxyl groups is 1. The van der Waals surface area contributed by atoms with E-state index >= 15 is 0 Å². The van der Waals surface area contributed by atoms with Crippen LogP contribution < -0.4 is 0 Å². The van der Waals surface area contributed by atoms with E-state index in [0.717, 1.165) is 38.5 Å². The number of hydrogen-bond donors (Lipinski definition) is 1. The van der Waals surface area contributed by atoms with E-state index in [0.29, 0.717) is 18.9 Å². The van der Waals surface area contributed by atoms with Crippen LogP contribution in [-0.2, 0) is 9.53 Å². The number of ether oxygens (including phenoxy) is 1. The summed E-state index contributed by atoms with van der Waals surface area (Å²) in [6.45, 7) is 5.23. The van der Waals surface area contributed by atoms with Gasteiger partial charge in [0.1, 0.15) is 0 Å². The molecular weight excluding hydrogens is 240 g/mol. The average molecular weight is 272 g/mol. The molecule has 114 valence electrons. The van der Waals surface area contributed by atoms with Gasteiger partial charge in [-0.3, -0.25) is 4.79 Å². The first-order valence-corrected chi connectivity index (χ1v) is 8.01. The minimum absolute atomic E-state index is 0.0443. The molecule has 0 heterocycles. The Morgan fingerprint density at radius 2 is 1.74 bits per heavy atom. The van der Waals surface area contributed by atoms with Crippen molar-refractivity contribution in [3.8, 4) is 0 Å². The van der Waals surface area contributed by atoms with E-state index in [9.17, 15) is 4.79 Å². The lowest BCUT2D eigenvalue weighted by molar-refractivity contribution is -0.145. The smallest absolute Gasteiger partial charge is 0.305 e. The van der Waals surface area contributed by atoms with E-state index < -0.39 is 0 Å². The number of hydrogen-bond acceptors (Lipinski definition) is 3. The van der Waals surface area contributed by atoms with E-state index in [1.807, 2.05) is 0 Å². The van der Waals surface area contributed by atoms with Crippen molar-refractivity contribution in [3.05, 3.63) is 0 Å². The Morgan fingerprint density at radius 1 is 1.05 bits per heavy atom. The van der Waals surface area contributed by atoms with Crippen molar-refractivity contribution in [3.63, 3.8) is 0 Å². The molecule has 0 aromatic rings. The number of carbonyl (C=O) groups excluding carboxylic acids is 1. The highest BCUT2D eigenvalue weighted by molar-refractivity contribution is 5.69. The second kappa shape index (κ2) is 13.9. The Hall–Kier alpha value is -0.570. The van der Waals surface area contributed by atoms with Gasteiger partial charge in [0.25, 0.3) is 0 Å². The maximum atomic E-state index is 11.6. The SMILES string of the molecule is CCCCC(CC)COC(=O)CCCCCCCO. The standard InChI is InChI=1S/C16H32O3/c1-3-5-11-15(4-2)14-19-16(18)12-9-7-6-8-10-13-17/h15,17H,3-14H2,1-2H3. The van der Waals surface area contributed by atoms with Gasteiger partial charge in [0, 0.05) is 13.0 Å². The summed E-state index contributed by atoms with van der Waals surface area (Å²) in [6, 6.07) is 0. The van der Waals surface area contributed by atoms with Crippen molar-refractivity contribution < 1.29 is 14.6 Å². The lowest BCUT2D eigenvalue weighted by Crippen LogP contribution is -2.13. The van der Waals surface area contributed by atoms with Crippen LogP contribution in [0.15, 0.2) is 0 Å². The number of esters is 1. The third-order valence-electron chi connectivity index (χ3n) is 3.56. The average Bonchev–Trinajstić information content (AvgIpc) is 2.43. The van der Waals surface area contributed by atoms with Gasteiger partial charge in [-0.2, -0.15) is 0 Å². The number of unbranched alkanes of at least 4 members (excludes halogenated alkanes) is 5. The van der Waals surface area contributed by atoms with Gasteiger partial charge in [0.2, 0.25) is 0 Å². The third-order valence-corrected chi connectivity index (χ3v) is 3.56. The third kappa shape index (κ3) is 12.2. The van der Waals surface area contributed by atoms with Gasteiger partial charge in [-0.15, -0.1) is 0 Å². The molecule has 1 unspecified atom stereocenters. The molecule has 0 saturated heterocycles. The Balaban J connectivity index is 3.46. The molecule has 0 radical (unpaired) electrons. The monoisotopic (exact) mass is 272 g/mol. The Labute approximate surface area is 118 Å². The van der Waals surface area contributed by atoms with Crippen molar-refractivity contribution in [1.82, 2.24) is 0 Å². The summed E-state index contributed by atoms with van der Waals surface area (Å²) in [7, 11) is 0. The predicted octanol–water partition coefficient (Wildman–Crippen LogP) is 4.08. The predicted molar refractivity (Wildman–Crippen MR) is 79.1 cm³/mol. The van der Waals surface area contributed by atoms with Crippen LogP contribution in [0, 0.1) is 5.92 Å². The molecule has 1 N–H and O–H groups in total. The van der Waals surface area contributed by atoms with Gasteiger partial charge < -0.3 is 9.84 Å². The van der Waals surface area contributed by atoms with E-state index in [1.165, 1.54) is 19.3 Å². The van der Waals surface area contributed by atoms with E-state index in [2.05, 4.69) is 13.8 Å². The van der Waals surface area contributed by atoms with Crippen molar-refractivity contribution in [2.75, 3.05) is 13.2 Å². The van der Waals surface area contributed by atoms with Gasteiger partial charge in [-0.1, -0.05) is 52.4 Å². The van der Waals surface area contributed by atoms with E-state index in [4.69, 9.17) is 9.84 Å². The summed E-state index contributed by atoms with van der Waals surface area (Å²) >= 11 is 0. The highest BCUT2D eigenvalue weighted by Crippen LogP contribution is 2.13. The molecule has 0 aliphatic carbocycles. The molecule has 3 heteroatoms. The van der Waals surface area contributed by atoms with E-state index in [1.54, 1.807) is 0 Å². The van der Waals surface area contributed by atoms with Crippen LogP contribution in [0.1, 0.15) is 78.1 Å². The maximum absolute atomic E-state index is 11.6. The van der Waals surface area contributed by atoms with Crippen LogP contribution in [0.5, 0.6) is 0 Å². The quantitative estimate of drug-likeness (QED) is 0.406. The molecule has 0 bridgehead atoms. The number of carbonyl (C=O) groups is 1. The first-order valence-electron chi connectivity index (χ1n) is 8.01. The molecular formula is C16H32O3. The maximum Gasteiger partial charge on any atom is 0.305 e. The summed E-state index contributed by atoms with van der Waals surface area (Å²) in [4.78, 5) is 11.6. The van der Waals surface area contributed by atoms with Gasteiger partial charge in [-0.25, -0.2) is 0 Å². The Bertz CT molecular complexity index is 204. The molecule has 1 atom stereocenters. The summed E-state index contributed by atoms with van der Waals surface area (Å²) in [6.07, 6.45) is 10.2. The topological polar surface area (TPSA) is 46.5 Å². The summed E-state index contributed by atoms with van der Waals surface area (Å²) in [5.74, 6) is 0.491. The minimum Gasteiger partial charge on any atom is -0.465 e. The number of aliphatic hydroxyl groups excluding tert-OH is 1. The van der Waals surface area contributed by atoms with Gasteiger partial charge in [0.15, 0.2) is 0 Å². The van der Waals surface area contributed by atoms with Crippen LogP contribution in [0.4, 0.5) is 0 Å². The zero-order chi connectivity index (χ0) is 14.3. The van der Waals surface area contributed by atoms with Crippen molar-refractivity contribution >= 4 is 5.97 Å². The normalized spacial score (nSPS) is 12.4. The lowest BCUT2D eigenvalue weighted by atomic mass is 10.0. The van der Waals surface area contributed by atoms with Gasteiger partial charge in [0.05, 0.1) is 6.61 Å². The molecule has 3 nitrogen and oxygen atoms in total. The summed E-state index contributed by atoms with van der Waals surface area (Å²) in [5.41, 5.74) is 0. The fraction of sp³-hybridized carbons (Fsp3) is 0.938. The number of rotatable bonds is 13. The van der Waals surface area contributed by atoms with Gasteiger partial charge >= 0.3 is 5.97 Å². The van der Waals surface area contributed by atoms with Crippen LogP contribution >= 0.6 is 0 Å². The highest BCUT2D eigenvalue weighted by atomic mass is 16.5. The van der Waals surface area contributed by atoms with Gasteiger partial charge in [-0.05, 0) is 25.2 Å². The first kappa shape index (κ1) is 18.4. The second-order valence-corrected chi connectivity index (χ2v) is 5.34. The molecule has 19 heavy (non-hydrogen) atoms. The van der Waals surface area contributed by atoms with Crippen molar-refractivity contribution in [1.29, 1.82) is 0 Å². The fourth-order valence-electron chi connectivity index (χ4n) is 2.09. The summed E-state index contributed by atoms with van der Waals surface area (Å²) < 4.78 is 5.34. The molecule has 0 aromatic carbocycles. The zero-order valence-electron chi connectivity index (χ0n) is 12.8. The van der Waals surface area contributed by atoms with Crippen molar-refractivity contribution in [2.45, 2.75) is 78.1 Å². The molecule has 0 spiro atoms. The Morgan fingerprint density at radius 3 is 2.37 bits per heavy atom. The molecule has 0 rings (SSSR count). The van der Waals surface area contributed by atoms with Crippen LogP contribution in [-0.4, -0.2) is 24.3 Å². The second-order valence-electron chi connectivity index (χ2n) is 5.34. The van der Waals surface area contributed by atoms with Crippen LogP contribution in [0.3, 0.4) is 0 Å². The van der Waals surface area contributed by atoms with E-state index in [-0.39, 0.29) is 12.6 Å².